The van der Waals surface area contributed by atoms with Crippen LogP contribution in [0.25, 0.3) is 0 Å². The second-order valence-electron chi connectivity index (χ2n) is 4.78. The fraction of sp³-hybridized carbons (Fsp3) is 0.214. The lowest BCUT2D eigenvalue weighted by molar-refractivity contribution is 0.600. The maximum absolute atomic E-state index is 12.1. The summed E-state index contributed by atoms with van der Waals surface area (Å²) in [6.45, 7) is 3.72. The molecule has 106 valence electrons. The largest absolute Gasteiger partial charge is 0.399 e. The zero-order valence-electron chi connectivity index (χ0n) is 11.4. The molecule has 0 bridgehead atoms. The van der Waals surface area contributed by atoms with Crippen LogP contribution in [-0.2, 0) is 15.8 Å². The fourth-order valence-electron chi connectivity index (χ4n) is 1.99. The Morgan fingerprint density at radius 1 is 1.20 bits per heavy atom. The standard InChI is InChI=1S/C14H17N3O2S/c1-10-6-11(2)16-14(7-10)17-20(18,19)9-12-4-3-5-13(15)8-12/h3-8H,9,15H2,1-2H3,(H,16,17). The SMILES string of the molecule is Cc1cc(C)nc(NS(=O)(=O)Cc2cccc(N)c2)c1. The number of aryl methyl sites for hydroxylation is 2. The van der Waals surface area contributed by atoms with Gasteiger partial charge in [0.25, 0.3) is 0 Å². The number of nitrogens with one attached hydrogen (secondary N) is 1. The molecule has 0 saturated heterocycles. The number of rotatable bonds is 4. The molecule has 2 aromatic rings. The van der Waals surface area contributed by atoms with Crippen LogP contribution in [0.2, 0.25) is 0 Å². The monoisotopic (exact) mass is 291 g/mol. The first kappa shape index (κ1) is 14.3. The summed E-state index contributed by atoms with van der Waals surface area (Å²) >= 11 is 0. The summed E-state index contributed by atoms with van der Waals surface area (Å²) in [6, 6.07) is 10.4. The van der Waals surface area contributed by atoms with Gasteiger partial charge >= 0.3 is 0 Å². The van der Waals surface area contributed by atoms with E-state index in [0.717, 1.165) is 11.3 Å². The molecule has 1 heterocycles. The number of hydrogen-bond donors (Lipinski definition) is 2. The number of nitrogens with two attached hydrogens (primary N) is 1. The number of sulfonamides is 1. The van der Waals surface area contributed by atoms with E-state index in [0.29, 0.717) is 17.1 Å². The minimum absolute atomic E-state index is 0.132. The smallest absolute Gasteiger partial charge is 0.238 e. The summed E-state index contributed by atoms with van der Waals surface area (Å²) in [5.74, 6) is 0.207. The van der Waals surface area contributed by atoms with E-state index in [9.17, 15) is 8.42 Å². The molecule has 6 heteroatoms. The molecule has 0 aliphatic carbocycles. The van der Waals surface area contributed by atoms with E-state index in [4.69, 9.17) is 5.73 Å². The first-order valence-electron chi connectivity index (χ1n) is 6.14. The molecule has 2 rings (SSSR count). The van der Waals surface area contributed by atoms with E-state index in [-0.39, 0.29) is 5.75 Å². The average molecular weight is 291 g/mol. The lowest BCUT2D eigenvalue weighted by Gasteiger charge is -2.09. The van der Waals surface area contributed by atoms with Crippen molar-refractivity contribution in [2.45, 2.75) is 19.6 Å². The Labute approximate surface area is 118 Å². The Balaban J connectivity index is 2.19. The molecule has 1 aromatic carbocycles. The van der Waals surface area contributed by atoms with Gasteiger partial charge in [-0.15, -0.1) is 0 Å². The first-order valence-corrected chi connectivity index (χ1v) is 7.79. The van der Waals surface area contributed by atoms with Gasteiger partial charge in [0.15, 0.2) is 0 Å². The van der Waals surface area contributed by atoms with Gasteiger partial charge in [0.1, 0.15) is 5.82 Å². The van der Waals surface area contributed by atoms with Crippen LogP contribution >= 0.6 is 0 Å². The summed E-state index contributed by atoms with van der Waals surface area (Å²) in [4.78, 5) is 4.16. The summed E-state index contributed by atoms with van der Waals surface area (Å²) in [5.41, 5.74) is 8.55. The van der Waals surface area contributed by atoms with Crippen molar-refractivity contribution in [3.63, 3.8) is 0 Å². The van der Waals surface area contributed by atoms with E-state index in [1.54, 1.807) is 30.3 Å². The minimum Gasteiger partial charge on any atom is -0.399 e. The van der Waals surface area contributed by atoms with Crippen LogP contribution < -0.4 is 10.5 Å². The highest BCUT2D eigenvalue weighted by Gasteiger charge is 2.13. The zero-order chi connectivity index (χ0) is 14.8. The Hall–Kier alpha value is -2.08. The van der Waals surface area contributed by atoms with Crippen molar-refractivity contribution in [1.82, 2.24) is 4.98 Å². The van der Waals surface area contributed by atoms with E-state index in [1.807, 2.05) is 19.9 Å². The Kier molecular flexibility index (Phi) is 3.94. The number of aromatic nitrogens is 1. The predicted molar refractivity (Wildman–Crippen MR) is 80.8 cm³/mol. The molecule has 0 spiro atoms. The number of hydrogen-bond acceptors (Lipinski definition) is 4. The van der Waals surface area contributed by atoms with Gasteiger partial charge in [0, 0.05) is 11.4 Å². The summed E-state index contributed by atoms with van der Waals surface area (Å²) in [5, 5.41) is 0. The molecular formula is C14H17N3O2S. The number of nitrogen functional groups attached to an aromatic ring is 1. The van der Waals surface area contributed by atoms with Crippen LogP contribution in [0.15, 0.2) is 36.4 Å². The van der Waals surface area contributed by atoms with E-state index < -0.39 is 10.0 Å². The van der Waals surface area contributed by atoms with E-state index >= 15 is 0 Å². The topological polar surface area (TPSA) is 85.1 Å². The van der Waals surface area contributed by atoms with E-state index in [1.165, 1.54) is 0 Å². The van der Waals surface area contributed by atoms with Crippen LogP contribution in [0.5, 0.6) is 0 Å². The van der Waals surface area contributed by atoms with Crippen molar-refractivity contribution >= 4 is 21.5 Å². The highest BCUT2D eigenvalue weighted by Crippen LogP contribution is 2.14. The van der Waals surface area contributed by atoms with Gasteiger partial charge in [-0.3, -0.25) is 4.72 Å². The van der Waals surface area contributed by atoms with Crippen LogP contribution in [0.3, 0.4) is 0 Å². The molecule has 0 amide bonds. The van der Waals surface area contributed by atoms with Crippen molar-refractivity contribution in [2.75, 3.05) is 10.5 Å². The average Bonchev–Trinajstić information content (AvgIpc) is 2.25. The zero-order valence-corrected chi connectivity index (χ0v) is 12.2. The van der Waals surface area contributed by atoms with Crippen LogP contribution in [0.4, 0.5) is 11.5 Å². The van der Waals surface area contributed by atoms with Crippen LogP contribution in [-0.4, -0.2) is 13.4 Å². The first-order chi connectivity index (χ1) is 9.34. The summed E-state index contributed by atoms with van der Waals surface area (Å²) in [7, 11) is -3.51. The van der Waals surface area contributed by atoms with Crippen LogP contribution in [0.1, 0.15) is 16.8 Å². The van der Waals surface area contributed by atoms with Crippen molar-refractivity contribution in [3.05, 3.63) is 53.2 Å². The number of benzene rings is 1. The van der Waals surface area contributed by atoms with Crippen molar-refractivity contribution in [3.8, 4) is 0 Å². The molecule has 1 aromatic heterocycles. The molecule has 0 fully saturated rings. The lowest BCUT2D eigenvalue weighted by Crippen LogP contribution is -2.16. The molecule has 0 radical (unpaired) electrons. The maximum Gasteiger partial charge on any atom is 0.238 e. The molecule has 0 aliphatic rings. The highest BCUT2D eigenvalue weighted by molar-refractivity contribution is 7.91. The van der Waals surface area contributed by atoms with Gasteiger partial charge in [-0.25, -0.2) is 13.4 Å². The molecule has 3 N–H and O–H groups in total. The second kappa shape index (κ2) is 5.50. The second-order valence-corrected chi connectivity index (χ2v) is 6.50. The third kappa shape index (κ3) is 3.96. The van der Waals surface area contributed by atoms with Crippen molar-refractivity contribution < 1.29 is 8.42 Å². The molecule has 0 unspecified atom stereocenters. The van der Waals surface area contributed by atoms with Crippen molar-refractivity contribution in [1.29, 1.82) is 0 Å². The lowest BCUT2D eigenvalue weighted by atomic mass is 10.2. The summed E-state index contributed by atoms with van der Waals surface area (Å²) < 4.78 is 26.7. The molecule has 0 saturated carbocycles. The van der Waals surface area contributed by atoms with Gasteiger partial charge < -0.3 is 5.73 Å². The number of anilines is 2. The fourth-order valence-corrected chi connectivity index (χ4v) is 3.11. The molecule has 0 atom stereocenters. The van der Waals surface area contributed by atoms with Crippen LogP contribution in [0, 0.1) is 13.8 Å². The molecule has 20 heavy (non-hydrogen) atoms. The van der Waals surface area contributed by atoms with Gasteiger partial charge in [-0.05, 0) is 49.2 Å². The highest BCUT2D eigenvalue weighted by atomic mass is 32.2. The van der Waals surface area contributed by atoms with Gasteiger partial charge in [0.05, 0.1) is 5.75 Å². The Morgan fingerprint density at radius 2 is 1.95 bits per heavy atom. The molecule has 0 aliphatic heterocycles. The number of pyridine rings is 1. The summed E-state index contributed by atoms with van der Waals surface area (Å²) in [6.07, 6.45) is 0. The third-order valence-electron chi connectivity index (χ3n) is 2.67. The molecule has 5 nitrogen and oxygen atoms in total. The van der Waals surface area contributed by atoms with Gasteiger partial charge in [0.2, 0.25) is 10.0 Å². The normalized spacial score (nSPS) is 11.3. The quantitative estimate of drug-likeness (QED) is 0.846. The minimum atomic E-state index is -3.51. The van der Waals surface area contributed by atoms with Gasteiger partial charge in [-0.2, -0.15) is 0 Å². The maximum atomic E-state index is 12.1. The van der Waals surface area contributed by atoms with Crippen molar-refractivity contribution in [2.24, 2.45) is 0 Å². The Bertz CT molecular complexity index is 707. The third-order valence-corrected chi connectivity index (χ3v) is 3.90. The molecular weight excluding hydrogens is 274 g/mol. The Morgan fingerprint density at radius 3 is 2.60 bits per heavy atom. The van der Waals surface area contributed by atoms with Gasteiger partial charge in [-0.1, -0.05) is 12.1 Å². The van der Waals surface area contributed by atoms with E-state index in [2.05, 4.69) is 9.71 Å². The predicted octanol–water partition coefficient (Wildman–Crippen LogP) is 2.22. The number of nitrogens with zero attached hydrogens (tertiary/aromatic N) is 1.